The first kappa shape index (κ1) is 23.5. The summed E-state index contributed by atoms with van der Waals surface area (Å²) in [7, 11) is 0. The number of hydrogen-bond acceptors (Lipinski definition) is 7. The van der Waals surface area contributed by atoms with Crippen LogP contribution in [0.1, 0.15) is 53.9 Å². The smallest absolute Gasteiger partial charge is 0.184 e. The maximum Gasteiger partial charge on any atom is 0.184 e. The zero-order chi connectivity index (χ0) is 20.5. The molecule has 0 bridgehead atoms. The fourth-order valence-corrected chi connectivity index (χ4v) is 3.95. The summed E-state index contributed by atoms with van der Waals surface area (Å²) in [5, 5.41) is 13.0. The van der Waals surface area contributed by atoms with Crippen molar-refractivity contribution in [1.82, 2.24) is 5.32 Å². The van der Waals surface area contributed by atoms with Crippen LogP contribution in [-0.2, 0) is 18.9 Å². The second-order valence-electron chi connectivity index (χ2n) is 7.59. The van der Waals surface area contributed by atoms with Crippen LogP contribution in [0, 0.1) is 0 Å². The summed E-state index contributed by atoms with van der Waals surface area (Å²) in [4.78, 5) is 1.30. The number of hydrogen-bond donors (Lipinski definition) is 2. The number of aliphatic hydroxyl groups is 1. The molecule has 6 nitrogen and oxygen atoms in total. The van der Waals surface area contributed by atoms with Crippen LogP contribution in [0.5, 0.6) is 0 Å². The van der Waals surface area contributed by atoms with E-state index in [4.69, 9.17) is 18.9 Å². The lowest BCUT2D eigenvalue weighted by atomic mass is 10.1. The Bertz CT molecular complexity index is 523. The highest BCUT2D eigenvalue weighted by Crippen LogP contribution is 2.41. The van der Waals surface area contributed by atoms with Crippen molar-refractivity contribution in [2.75, 3.05) is 19.8 Å². The second kappa shape index (κ2) is 12.1. The molecule has 2 saturated heterocycles. The zero-order valence-corrected chi connectivity index (χ0v) is 18.7. The van der Waals surface area contributed by atoms with E-state index >= 15 is 0 Å². The van der Waals surface area contributed by atoms with Gasteiger partial charge in [-0.15, -0.1) is 11.8 Å². The predicted molar refractivity (Wildman–Crippen MR) is 113 cm³/mol. The number of rotatable bonds is 15. The van der Waals surface area contributed by atoms with Crippen molar-refractivity contribution in [3.63, 3.8) is 0 Å². The molecule has 1 unspecified atom stereocenters. The molecule has 7 heteroatoms. The van der Waals surface area contributed by atoms with E-state index in [1.54, 1.807) is 6.92 Å². The van der Waals surface area contributed by atoms with Crippen LogP contribution in [0.15, 0.2) is 22.9 Å². The van der Waals surface area contributed by atoms with Gasteiger partial charge >= 0.3 is 0 Å². The Balaban J connectivity index is 1.69. The van der Waals surface area contributed by atoms with E-state index < -0.39 is 0 Å². The Morgan fingerprint density at radius 2 is 1.96 bits per heavy atom. The molecule has 0 aromatic rings. The van der Waals surface area contributed by atoms with E-state index in [2.05, 4.69) is 25.2 Å². The van der Waals surface area contributed by atoms with E-state index in [9.17, 15) is 5.11 Å². The van der Waals surface area contributed by atoms with Gasteiger partial charge in [0, 0.05) is 35.9 Å². The standard InChI is InChI=1S/C21H37NO5S/c1-6-24-21-18(27-21)8-7-17-20(26-17)19(28-14(2)3)9-11-22-13-16(5)25-12-10-15(4)23/h9,13-15,17-18,20-23H,6-8,10-12H2,1-5H3/b16-13+,19-9-/t15-,17+,18-,20+,21?/m1/s1. The van der Waals surface area contributed by atoms with Gasteiger partial charge in [0.15, 0.2) is 6.29 Å². The molecule has 0 spiro atoms. The van der Waals surface area contributed by atoms with Crippen LogP contribution < -0.4 is 5.32 Å². The Morgan fingerprint density at radius 1 is 1.21 bits per heavy atom. The number of epoxide rings is 2. The minimum absolute atomic E-state index is 0.00397. The molecule has 0 radical (unpaired) electrons. The predicted octanol–water partition coefficient (Wildman–Crippen LogP) is 3.56. The van der Waals surface area contributed by atoms with Crippen molar-refractivity contribution >= 4 is 11.8 Å². The summed E-state index contributed by atoms with van der Waals surface area (Å²) in [6.45, 7) is 12.0. The third-order valence-electron chi connectivity index (χ3n) is 4.43. The summed E-state index contributed by atoms with van der Waals surface area (Å²) in [6, 6.07) is 0. The van der Waals surface area contributed by atoms with Crippen LogP contribution >= 0.6 is 11.8 Å². The third-order valence-corrected chi connectivity index (χ3v) is 5.57. The lowest BCUT2D eigenvalue weighted by molar-refractivity contribution is 0.0593. The molecule has 5 atom stereocenters. The number of allylic oxidation sites excluding steroid dienone is 1. The summed E-state index contributed by atoms with van der Waals surface area (Å²) >= 11 is 1.87. The molecular weight excluding hydrogens is 378 g/mol. The molecule has 0 aromatic carbocycles. The molecule has 2 rings (SSSR count). The molecule has 0 amide bonds. The summed E-state index contributed by atoms with van der Waals surface area (Å²) in [6.07, 6.45) is 7.16. The summed E-state index contributed by atoms with van der Waals surface area (Å²) in [5.74, 6) is 0.820. The molecule has 2 aliphatic heterocycles. The molecule has 2 aliphatic rings. The third kappa shape index (κ3) is 9.18. The summed E-state index contributed by atoms with van der Waals surface area (Å²) < 4.78 is 22.4. The fourth-order valence-electron chi connectivity index (χ4n) is 2.88. The number of nitrogens with one attached hydrogen (secondary N) is 1. The van der Waals surface area contributed by atoms with Crippen LogP contribution in [0.2, 0.25) is 0 Å². The van der Waals surface area contributed by atoms with Gasteiger partial charge in [0.05, 0.1) is 18.8 Å². The van der Waals surface area contributed by atoms with E-state index in [-0.39, 0.29) is 24.6 Å². The van der Waals surface area contributed by atoms with Crippen LogP contribution in [-0.4, -0.2) is 60.8 Å². The van der Waals surface area contributed by atoms with Gasteiger partial charge in [-0.3, -0.25) is 0 Å². The average Bonchev–Trinajstić information content (AvgIpc) is 3.51. The molecule has 2 fully saturated rings. The topological polar surface area (TPSA) is 75.8 Å². The maximum atomic E-state index is 9.25. The lowest BCUT2D eigenvalue weighted by Gasteiger charge is -2.09. The van der Waals surface area contributed by atoms with Gasteiger partial charge in [0.2, 0.25) is 0 Å². The number of ether oxygens (including phenoxy) is 4. The molecular formula is C21H37NO5S. The molecule has 2 N–H and O–H groups in total. The fraction of sp³-hybridized carbons (Fsp3) is 0.810. The Morgan fingerprint density at radius 3 is 2.64 bits per heavy atom. The minimum Gasteiger partial charge on any atom is -0.497 e. The average molecular weight is 416 g/mol. The van der Waals surface area contributed by atoms with Gasteiger partial charge in [0.25, 0.3) is 0 Å². The second-order valence-corrected chi connectivity index (χ2v) is 9.24. The minimum atomic E-state index is -0.331. The summed E-state index contributed by atoms with van der Waals surface area (Å²) in [5.41, 5.74) is 0. The van der Waals surface area contributed by atoms with Gasteiger partial charge in [-0.25, -0.2) is 0 Å². The number of aliphatic hydroxyl groups excluding tert-OH is 1. The molecule has 2 heterocycles. The highest BCUT2D eigenvalue weighted by atomic mass is 32.2. The Hall–Kier alpha value is -0.730. The van der Waals surface area contributed by atoms with Gasteiger partial charge < -0.3 is 29.4 Å². The SMILES string of the molecule is CCOC1O[C@@H]1CC[C@@H]1O[C@@H]1/C(=C/CN/C=C(\C)OCC[C@@H](C)O)SC(C)C. The van der Waals surface area contributed by atoms with E-state index in [1.165, 1.54) is 4.91 Å². The van der Waals surface area contributed by atoms with Crippen molar-refractivity contribution in [3.8, 4) is 0 Å². The monoisotopic (exact) mass is 415 g/mol. The van der Waals surface area contributed by atoms with Gasteiger partial charge in [-0.1, -0.05) is 19.9 Å². The first-order valence-electron chi connectivity index (χ1n) is 10.4. The van der Waals surface area contributed by atoms with Gasteiger partial charge in [-0.05, 0) is 33.6 Å². The van der Waals surface area contributed by atoms with Crippen LogP contribution in [0.3, 0.4) is 0 Å². The molecule has 0 aromatic heterocycles. The first-order valence-corrected chi connectivity index (χ1v) is 11.3. The number of thioether (sulfide) groups is 1. The molecule has 0 aliphatic carbocycles. The van der Waals surface area contributed by atoms with E-state index in [0.29, 0.717) is 31.0 Å². The van der Waals surface area contributed by atoms with Gasteiger partial charge in [-0.2, -0.15) is 0 Å². The molecule has 0 saturated carbocycles. The largest absolute Gasteiger partial charge is 0.497 e. The van der Waals surface area contributed by atoms with Crippen molar-refractivity contribution in [3.05, 3.63) is 22.9 Å². The normalized spacial score (nSPS) is 28.4. The quantitative estimate of drug-likeness (QED) is 0.241. The van der Waals surface area contributed by atoms with E-state index in [0.717, 1.165) is 25.1 Å². The lowest BCUT2D eigenvalue weighted by Crippen LogP contribution is -2.10. The van der Waals surface area contributed by atoms with Crippen LogP contribution in [0.25, 0.3) is 0 Å². The highest BCUT2D eigenvalue weighted by molar-refractivity contribution is 8.03. The van der Waals surface area contributed by atoms with Crippen molar-refractivity contribution in [2.24, 2.45) is 0 Å². The van der Waals surface area contributed by atoms with Crippen LogP contribution in [0.4, 0.5) is 0 Å². The zero-order valence-electron chi connectivity index (χ0n) is 17.8. The Kier molecular flexibility index (Phi) is 10.2. The van der Waals surface area contributed by atoms with Crippen molar-refractivity contribution in [2.45, 2.75) is 89.8 Å². The molecule has 162 valence electrons. The first-order chi connectivity index (χ1) is 13.4. The molecule has 28 heavy (non-hydrogen) atoms. The van der Waals surface area contributed by atoms with Gasteiger partial charge in [0.1, 0.15) is 18.0 Å². The van der Waals surface area contributed by atoms with E-state index in [1.807, 2.05) is 31.8 Å². The van der Waals surface area contributed by atoms with Crippen molar-refractivity contribution in [1.29, 1.82) is 0 Å². The Labute approximate surface area is 174 Å². The van der Waals surface area contributed by atoms with Crippen molar-refractivity contribution < 1.29 is 24.1 Å². The highest BCUT2D eigenvalue weighted by Gasteiger charge is 2.45. The maximum absolute atomic E-state index is 9.25.